The van der Waals surface area contributed by atoms with Gasteiger partial charge in [0, 0.05) is 36.4 Å². The van der Waals surface area contributed by atoms with Crippen molar-refractivity contribution in [1.82, 2.24) is 25.3 Å². The van der Waals surface area contributed by atoms with E-state index in [4.69, 9.17) is 0 Å². The van der Waals surface area contributed by atoms with Gasteiger partial charge in [-0.15, -0.1) is 0 Å². The van der Waals surface area contributed by atoms with E-state index < -0.39 is 0 Å². The summed E-state index contributed by atoms with van der Waals surface area (Å²) in [6.45, 7) is 2.70. The molecule has 0 saturated carbocycles. The van der Waals surface area contributed by atoms with Gasteiger partial charge in [0.1, 0.15) is 0 Å². The molecule has 0 unspecified atom stereocenters. The summed E-state index contributed by atoms with van der Waals surface area (Å²) >= 11 is 1.36. The Labute approximate surface area is 104 Å². The van der Waals surface area contributed by atoms with Gasteiger partial charge in [-0.05, 0) is 31.8 Å². The fourth-order valence-corrected chi connectivity index (χ4v) is 1.93. The molecular formula is C11H13N5S. The Morgan fingerprint density at radius 1 is 1.18 bits per heavy atom. The first-order valence-corrected chi connectivity index (χ1v) is 6.02. The summed E-state index contributed by atoms with van der Waals surface area (Å²) < 4.78 is 0. The summed E-state index contributed by atoms with van der Waals surface area (Å²) in [6, 6.07) is 1.86. The number of nitrogens with one attached hydrogen (secondary N) is 1. The predicted molar refractivity (Wildman–Crippen MR) is 65.7 cm³/mol. The van der Waals surface area contributed by atoms with E-state index in [1.165, 1.54) is 11.8 Å². The number of nitrogens with zero attached hydrogens (tertiary/aromatic N) is 4. The summed E-state index contributed by atoms with van der Waals surface area (Å²) in [5.74, 6) is 0. The van der Waals surface area contributed by atoms with Gasteiger partial charge in [0.15, 0.2) is 10.3 Å². The molecule has 0 aliphatic heterocycles. The van der Waals surface area contributed by atoms with Gasteiger partial charge in [0.25, 0.3) is 0 Å². The van der Waals surface area contributed by atoms with Crippen LogP contribution in [0, 0.1) is 6.92 Å². The molecule has 6 heteroatoms. The van der Waals surface area contributed by atoms with Crippen molar-refractivity contribution in [1.29, 1.82) is 0 Å². The summed E-state index contributed by atoms with van der Waals surface area (Å²) in [4.78, 5) is 16.9. The van der Waals surface area contributed by atoms with Crippen molar-refractivity contribution in [2.75, 3.05) is 7.05 Å². The molecule has 88 valence electrons. The van der Waals surface area contributed by atoms with Crippen LogP contribution in [0.4, 0.5) is 0 Å². The molecule has 2 rings (SSSR count). The first-order chi connectivity index (χ1) is 8.28. The Hall–Kier alpha value is -1.53. The van der Waals surface area contributed by atoms with Crippen LogP contribution in [0.3, 0.4) is 0 Å². The fraction of sp³-hybridized carbons (Fsp3) is 0.273. The maximum atomic E-state index is 4.29. The Balaban J connectivity index is 2.08. The number of hydrogen-bond donors (Lipinski definition) is 1. The molecule has 0 aliphatic carbocycles. The van der Waals surface area contributed by atoms with Crippen molar-refractivity contribution in [3.05, 3.63) is 35.9 Å². The SMILES string of the molecule is CNCc1cnc(Sc2nccc(C)n2)nc1. The zero-order valence-corrected chi connectivity index (χ0v) is 10.5. The highest BCUT2D eigenvalue weighted by atomic mass is 32.2. The van der Waals surface area contributed by atoms with Gasteiger partial charge in [-0.1, -0.05) is 0 Å². The maximum Gasteiger partial charge on any atom is 0.195 e. The van der Waals surface area contributed by atoms with Crippen LogP contribution in [0.25, 0.3) is 0 Å². The van der Waals surface area contributed by atoms with E-state index in [9.17, 15) is 0 Å². The molecule has 1 N–H and O–H groups in total. The third-order valence-electron chi connectivity index (χ3n) is 2.02. The number of aromatic nitrogens is 4. The smallest absolute Gasteiger partial charge is 0.195 e. The highest BCUT2D eigenvalue weighted by Crippen LogP contribution is 2.19. The van der Waals surface area contributed by atoms with Gasteiger partial charge < -0.3 is 5.32 Å². The molecule has 0 radical (unpaired) electrons. The fourth-order valence-electron chi connectivity index (χ4n) is 1.25. The van der Waals surface area contributed by atoms with E-state index in [2.05, 4.69) is 25.3 Å². The van der Waals surface area contributed by atoms with Gasteiger partial charge in [0.05, 0.1) is 0 Å². The van der Waals surface area contributed by atoms with Crippen LogP contribution in [-0.4, -0.2) is 27.0 Å². The van der Waals surface area contributed by atoms with Gasteiger partial charge in [-0.2, -0.15) is 0 Å². The molecule has 0 spiro atoms. The second-order valence-electron chi connectivity index (χ2n) is 3.49. The van der Waals surface area contributed by atoms with Gasteiger partial charge in [0.2, 0.25) is 0 Å². The Kier molecular flexibility index (Phi) is 4.00. The zero-order valence-electron chi connectivity index (χ0n) is 9.71. The lowest BCUT2D eigenvalue weighted by molar-refractivity contribution is 0.792. The molecule has 2 aromatic rings. The second kappa shape index (κ2) is 5.70. The van der Waals surface area contributed by atoms with E-state index in [1.807, 2.05) is 32.4 Å². The molecule has 2 aromatic heterocycles. The van der Waals surface area contributed by atoms with Crippen LogP contribution in [0.5, 0.6) is 0 Å². The van der Waals surface area contributed by atoms with Crippen LogP contribution in [0.1, 0.15) is 11.3 Å². The number of aryl methyl sites for hydroxylation is 1. The summed E-state index contributed by atoms with van der Waals surface area (Å²) in [7, 11) is 1.89. The van der Waals surface area contributed by atoms with E-state index >= 15 is 0 Å². The van der Waals surface area contributed by atoms with Crippen molar-refractivity contribution < 1.29 is 0 Å². The molecule has 0 saturated heterocycles. The molecule has 2 heterocycles. The Morgan fingerprint density at radius 3 is 2.59 bits per heavy atom. The minimum Gasteiger partial charge on any atom is -0.316 e. The topological polar surface area (TPSA) is 63.6 Å². The lowest BCUT2D eigenvalue weighted by atomic mass is 10.3. The standard InChI is InChI=1S/C11H13N5S/c1-8-3-4-13-11(16-8)17-10-14-6-9(5-12-2)7-15-10/h3-4,6-7,12H,5H2,1-2H3. The normalized spacial score (nSPS) is 10.5. The molecule has 0 aromatic carbocycles. The van der Waals surface area contributed by atoms with Gasteiger partial charge >= 0.3 is 0 Å². The summed E-state index contributed by atoms with van der Waals surface area (Å²) in [5, 5.41) is 4.38. The van der Waals surface area contributed by atoms with Crippen LogP contribution in [0.15, 0.2) is 35.0 Å². The summed E-state index contributed by atoms with van der Waals surface area (Å²) in [6.07, 6.45) is 5.35. The Bertz CT molecular complexity index is 485. The number of rotatable bonds is 4. The molecular weight excluding hydrogens is 234 g/mol. The van der Waals surface area contributed by atoms with E-state index in [-0.39, 0.29) is 0 Å². The van der Waals surface area contributed by atoms with Crippen LogP contribution in [-0.2, 0) is 6.54 Å². The van der Waals surface area contributed by atoms with Crippen molar-refractivity contribution in [3.63, 3.8) is 0 Å². The van der Waals surface area contributed by atoms with Crippen molar-refractivity contribution in [2.24, 2.45) is 0 Å². The molecule has 0 amide bonds. The van der Waals surface area contributed by atoms with Crippen LogP contribution in [0.2, 0.25) is 0 Å². The minimum absolute atomic E-state index is 0.662. The average Bonchev–Trinajstić information content (AvgIpc) is 2.32. The van der Waals surface area contributed by atoms with Gasteiger partial charge in [-0.3, -0.25) is 0 Å². The van der Waals surface area contributed by atoms with E-state index in [0.717, 1.165) is 17.8 Å². The minimum atomic E-state index is 0.662. The van der Waals surface area contributed by atoms with Crippen LogP contribution >= 0.6 is 11.8 Å². The molecule has 0 fully saturated rings. The molecule has 0 aliphatic rings. The lowest BCUT2D eigenvalue weighted by Gasteiger charge is -2.01. The molecule has 17 heavy (non-hydrogen) atoms. The van der Waals surface area contributed by atoms with Crippen molar-refractivity contribution in [3.8, 4) is 0 Å². The number of hydrogen-bond acceptors (Lipinski definition) is 6. The predicted octanol–water partition coefficient (Wildman–Crippen LogP) is 1.45. The first-order valence-electron chi connectivity index (χ1n) is 5.21. The highest BCUT2D eigenvalue weighted by Gasteiger charge is 2.03. The summed E-state index contributed by atoms with van der Waals surface area (Å²) in [5.41, 5.74) is 2.00. The van der Waals surface area contributed by atoms with E-state index in [1.54, 1.807) is 6.20 Å². The van der Waals surface area contributed by atoms with Crippen molar-refractivity contribution in [2.45, 2.75) is 23.8 Å². The third-order valence-corrected chi connectivity index (χ3v) is 2.79. The monoisotopic (exact) mass is 247 g/mol. The van der Waals surface area contributed by atoms with Gasteiger partial charge in [-0.25, -0.2) is 19.9 Å². The quantitative estimate of drug-likeness (QED) is 0.825. The third kappa shape index (κ3) is 3.47. The largest absolute Gasteiger partial charge is 0.316 e. The van der Waals surface area contributed by atoms with Crippen LogP contribution < -0.4 is 5.32 Å². The lowest BCUT2D eigenvalue weighted by Crippen LogP contribution is -2.05. The Morgan fingerprint density at radius 2 is 1.94 bits per heavy atom. The zero-order chi connectivity index (χ0) is 12.1. The average molecular weight is 247 g/mol. The first kappa shape index (κ1) is 11.9. The maximum absolute atomic E-state index is 4.29. The molecule has 5 nitrogen and oxygen atoms in total. The molecule has 0 atom stereocenters. The van der Waals surface area contributed by atoms with Crippen molar-refractivity contribution >= 4 is 11.8 Å². The van der Waals surface area contributed by atoms with E-state index in [0.29, 0.717) is 10.3 Å². The highest BCUT2D eigenvalue weighted by molar-refractivity contribution is 7.99. The second-order valence-corrected chi connectivity index (χ2v) is 4.42. The molecule has 0 bridgehead atoms.